The minimum absolute atomic E-state index is 0.0477. The van der Waals surface area contributed by atoms with E-state index in [9.17, 15) is 0 Å². The van der Waals surface area contributed by atoms with Crippen molar-refractivity contribution < 1.29 is 9.47 Å². The number of rotatable bonds is 3. The van der Waals surface area contributed by atoms with Gasteiger partial charge in [-0.25, -0.2) is 0 Å². The Morgan fingerprint density at radius 1 is 1.29 bits per heavy atom. The lowest BCUT2D eigenvalue weighted by Gasteiger charge is -2.16. The first kappa shape index (κ1) is 12.7. The summed E-state index contributed by atoms with van der Waals surface area (Å²) in [4.78, 5) is 0. The first-order valence-corrected chi connectivity index (χ1v) is 6.86. The Bertz CT molecular complexity index is 395. The van der Waals surface area contributed by atoms with E-state index in [4.69, 9.17) is 15.2 Å². The molecule has 2 rings (SSSR count). The third-order valence-electron chi connectivity index (χ3n) is 2.87. The van der Waals surface area contributed by atoms with Gasteiger partial charge in [0, 0.05) is 16.9 Å². The maximum Gasteiger partial charge on any atom is 0.162 e. The average Bonchev–Trinajstić information content (AvgIpc) is 2.52. The molecule has 0 radical (unpaired) electrons. The standard InChI is InChI=1S/C13H18BrNO2/c1-2-4-11(15)9-7-12-13(8-10(9)14)17-6-3-5-16-12/h7-8,11H,2-6,15H2,1H3. The van der Waals surface area contributed by atoms with Gasteiger partial charge in [-0.05, 0) is 24.1 Å². The Morgan fingerprint density at radius 3 is 2.59 bits per heavy atom. The Balaban J connectivity index is 2.31. The molecule has 2 N–H and O–H groups in total. The van der Waals surface area contributed by atoms with Gasteiger partial charge in [0.1, 0.15) is 0 Å². The molecule has 17 heavy (non-hydrogen) atoms. The maximum atomic E-state index is 6.15. The van der Waals surface area contributed by atoms with Gasteiger partial charge >= 0.3 is 0 Å². The van der Waals surface area contributed by atoms with Crippen LogP contribution in [-0.4, -0.2) is 13.2 Å². The van der Waals surface area contributed by atoms with Gasteiger partial charge in [-0.15, -0.1) is 0 Å². The zero-order valence-corrected chi connectivity index (χ0v) is 11.6. The molecule has 0 aliphatic carbocycles. The van der Waals surface area contributed by atoms with Crippen LogP contribution in [-0.2, 0) is 0 Å². The zero-order chi connectivity index (χ0) is 12.3. The monoisotopic (exact) mass is 299 g/mol. The predicted molar refractivity (Wildman–Crippen MR) is 71.6 cm³/mol. The summed E-state index contributed by atoms with van der Waals surface area (Å²) in [5.74, 6) is 1.62. The Kier molecular flexibility index (Phi) is 4.29. The molecule has 1 atom stereocenters. The average molecular weight is 300 g/mol. The number of hydrogen-bond donors (Lipinski definition) is 1. The van der Waals surface area contributed by atoms with Crippen LogP contribution in [0.15, 0.2) is 16.6 Å². The maximum absolute atomic E-state index is 6.15. The molecule has 0 spiro atoms. The van der Waals surface area contributed by atoms with Gasteiger partial charge in [-0.2, -0.15) is 0 Å². The van der Waals surface area contributed by atoms with Gasteiger partial charge in [0.05, 0.1) is 13.2 Å². The van der Waals surface area contributed by atoms with Crippen LogP contribution in [0.25, 0.3) is 0 Å². The van der Waals surface area contributed by atoms with E-state index >= 15 is 0 Å². The van der Waals surface area contributed by atoms with Crippen LogP contribution in [0, 0.1) is 0 Å². The van der Waals surface area contributed by atoms with Gasteiger partial charge in [0.2, 0.25) is 0 Å². The molecule has 0 saturated heterocycles. The van der Waals surface area contributed by atoms with E-state index in [1.54, 1.807) is 0 Å². The number of fused-ring (bicyclic) bond motifs is 1. The summed E-state index contributed by atoms with van der Waals surface area (Å²) in [5, 5.41) is 0. The highest BCUT2D eigenvalue weighted by molar-refractivity contribution is 9.10. The highest BCUT2D eigenvalue weighted by Crippen LogP contribution is 2.37. The van der Waals surface area contributed by atoms with E-state index in [0.29, 0.717) is 13.2 Å². The van der Waals surface area contributed by atoms with Crippen molar-refractivity contribution in [2.75, 3.05) is 13.2 Å². The summed E-state index contributed by atoms with van der Waals surface area (Å²) in [5.41, 5.74) is 7.25. The molecule has 1 aromatic carbocycles. The summed E-state index contributed by atoms with van der Waals surface area (Å²) in [6.07, 6.45) is 2.96. The second kappa shape index (κ2) is 5.74. The number of nitrogens with two attached hydrogens (primary N) is 1. The van der Waals surface area contributed by atoms with Crippen LogP contribution < -0.4 is 15.2 Å². The smallest absolute Gasteiger partial charge is 0.162 e. The van der Waals surface area contributed by atoms with Gasteiger partial charge in [-0.3, -0.25) is 0 Å². The first-order chi connectivity index (χ1) is 8.22. The largest absolute Gasteiger partial charge is 0.490 e. The topological polar surface area (TPSA) is 44.5 Å². The lowest BCUT2D eigenvalue weighted by molar-refractivity contribution is 0.297. The molecule has 1 aliphatic heterocycles. The summed E-state index contributed by atoms with van der Waals surface area (Å²) in [7, 11) is 0. The van der Waals surface area contributed by atoms with Crippen molar-refractivity contribution in [3.8, 4) is 11.5 Å². The van der Waals surface area contributed by atoms with Crippen molar-refractivity contribution in [3.63, 3.8) is 0 Å². The zero-order valence-electron chi connectivity index (χ0n) is 10.0. The quantitative estimate of drug-likeness (QED) is 0.930. The molecule has 0 saturated carbocycles. The minimum Gasteiger partial charge on any atom is -0.490 e. The number of ether oxygens (including phenoxy) is 2. The van der Waals surface area contributed by atoms with Crippen molar-refractivity contribution in [2.45, 2.75) is 32.2 Å². The van der Waals surface area contributed by atoms with Gasteiger partial charge in [0.25, 0.3) is 0 Å². The Morgan fingerprint density at radius 2 is 1.94 bits per heavy atom. The fourth-order valence-corrected chi connectivity index (χ4v) is 2.57. The predicted octanol–water partition coefficient (Wildman–Crippen LogP) is 3.41. The molecular weight excluding hydrogens is 282 g/mol. The Labute approximate surface area is 110 Å². The first-order valence-electron chi connectivity index (χ1n) is 6.07. The van der Waals surface area contributed by atoms with Crippen molar-refractivity contribution in [1.29, 1.82) is 0 Å². The highest BCUT2D eigenvalue weighted by atomic mass is 79.9. The molecule has 0 fully saturated rings. The minimum atomic E-state index is 0.0477. The fourth-order valence-electron chi connectivity index (χ4n) is 1.95. The Hall–Kier alpha value is -0.740. The summed E-state index contributed by atoms with van der Waals surface area (Å²) in [6.45, 7) is 3.55. The van der Waals surface area contributed by atoms with Crippen LogP contribution in [0.5, 0.6) is 11.5 Å². The summed E-state index contributed by atoms with van der Waals surface area (Å²) >= 11 is 3.56. The van der Waals surface area contributed by atoms with Crippen LogP contribution in [0.4, 0.5) is 0 Å². The number of benzene rings is 1. The fraction of sp³-hybridized carbons (Fsp3) is 0.538. The molecule has 3 nitrogen and oxygen atoms in total. The van der Waals surface area contributed by atoms with E-state index in [0.717, 1.165) is 40.8 Å². The van der Waals surface area contributed by atoms with E-state index in [1.165, 1.54) is 0 Å². The number of halogens is 1. The lowest BCUT2D eigenvalue weighted by atomic mass is 10.0. The molecule has 0 amide bonds. The molecule has 4 heteroatoms. The second-order valence-corrected chi connectivity index (χ2v) is 5.12. The molecule has 0 bridgehead atoms. The van der Waals surface area contributed by atoms with Gasteiger partial charge in [-0.1, -0.05) is 29.3 Å². The molecule has 0 aromatic heterocycles. The third-order valence-corrected chi connectivity index (χ3v) is 3.55. The molecule has 94 valence electrons. The van der Waals surface area contributed by atoms with Gasteiger partial charge < -0.3 is 15.2 Å². The van der Waals surface area contributed by atoms with E-state index < -0.39 is 0 Å². The van der Waals surface area contributed by atoms with Gasteiger partial charge in [0.15, 0.2) is 11.5 Å². The second-order valence-electron chi connectivity index (χ2n) is 4.27. The molecular formula is C13H18BrNO2. The van der Waals surface area contributed by atoms with Crippen molar-refractivity contribution in [1.82, 2.24) is 0 Å². The summed E-state index contributed by atoms with van der Waals surface area (Å²) in [6, 6.07) is 4.02. The van der Waals surface area contributed by atoms with Crippen LogP contribution >= 0.6 is 15.9 Å². The summed E-state index contributed by atoms with van der Waals surface area (Å²) < 4.78 is 12.3. The normalized spacial score (nSPS) is 16.4. The number of hydrogen-bond acceptors (Lipinski definition) is 3. The van der Waals surface area contributed by atoms with Crippen molar-refractivity contribution >= 4 is 15.9 Å². The van der Waals surface area contributed by atoms with E-state index in [2.05, 4.69) is 22.9 Å². The molecule has 1 aromatic rings. The third kappa shape index (κ3) is 2.93. The SMILES string of the molecule is CCCC(N)c1cc2c(cc1Br)OCCCO2. The van der Waals surface area contributed by atoms with E-state index in [-0.39, 0.29) is 6.04 Å². The van der Waals surface area contributed by atoms with Crippen LogP contribution in [0.3, 0.4) is 0 Å². The molecule has 1 unspecified atom stereocenters. The lowest BCUT2D eigenvalue weighted by Crippen LogP contribution is -2.10. The molecule has 1 heterocycles. The van der Waals surface area contributed by atoms with E-state index in [1.807, 2.05) is 12.1 Å². The highest BCUT2D eigenvalue weighted by Gasteiger charge is 2.17. The van der Waals surface area contributed by atoms with Crippen molar-refractivity contribution in [2.24, 2.45) is 5.73 Å². The molecule has 1 aliphatic rings. The van der Waals surface area contributed by atoms with Crippen LogP contribution in [0.2, 0.25) is 0 Å². The van der Waals surface area contributed by atoms with Crippen LogP contribution in [0.1, 0.15) is 37.8 Å². The van der Waals surface area contributed by atoms with Crippen molar-refractivity contribution in [3.05, 3.63) is 22.2 Å².